The zero-order valence-electron chi connectivity index (χ0n) is 12.1. The van der Waals surface area contributed by atoms with E-state index < -0.39 is 0 Å². The Bertz CT molecular complexity index is 594. The number of rotatable bonds is 2. The Hall–Kier alpha value is -1.97. The van der Waals surface area contributed by atoms with E-state index in [2.05, 4.69) is 24.1 Å². The summed E-state index contributed by atoms with van der Waals surface area (Å²) in [6, 6.07) is 5.45. The molecule has 0 aromatic heterocycles. The van der Waals surface area contributed by atoms with E-state index in [1.165, 1.54) is 0 Å². The van der Waals surface area contributed by atoms with Gasteiger partial charge in [-0.3, -0.25) is 4.79 Å². The molecule has 2 N–H and O–H groups in total. The molecular formula is C16H20N2O2. The van der Waals surface area contributed by atoms with Gasteiger partial charge in [0.05, 0.1) is 12.1 Å². The van der Waals surface area contributed by atoms with Crippen LogP contribution < -0.4 is 10.2 Å². The van der Waals surface area contributed by atoms with E-state index >= 15 is 0 Å². The first-order valence-corrected chi connectivity index (χ1v) is 7.11. The van der Waals surface area contributed by atoms with Crippen molar-refractivity contribution in [2.75, 3.05) is 11.9 Å². The van der Waals surface area contributed by atoms with Crippen molar-refractivity contribution in [2.24, 2.45) is 5.92 Å². The first-order chi connectivity index (χ1) is 9.52. The Morgan fingerprint density at radius 2 is 2.20 bits per heavy atom. The molecule has 1 aromatic rings. The molecule has 3 rings (SSSR count). The minimum atomic E-state index is 0.0332. The van der Waals surface area contributed by atoms with Crippen molar-refractivity contribution in [3.8, 4) is 5.75 Å². The van der Waals surface area contributed by atoms with E-state index in [9.17, 15) is 9.90 Å². The Kier molecular flexibility index (Phi) is 2.96. The summed E-state index contributed by atoms with van der Waals surface area (Å²) in [4.78, 5) is 14.3. The third-order valence-corrected chi connectivity index (χ3v) is 4.60. The zero-order chi connectivity index (χ0) is 14.4. The van der Waals surface area contributed by atoms with E-state index in [4.69, 9.17) is 0 Å². The standard InChI is InChI=1S/C16H20N2O2/c1-4-9(2)14-15-12(16(20)17-14)7-10-5-6-11(19)8-13(10)18(15)3/h5-9,14-15,19H,4H2,1-3H3,(H,17,20). The van der Waals surface area contributed by atoms with Crippen LogP contribution in [0.3, 0.4) is 0 Å². The van der Waals surface area contributed by atoms with Gasteiger partial charge in [0, 0.05) is 24.4 Å². The Labute approximate surface area is 119 Å². The summed E-state index contributed by atoms with van der Waals surface area (Å²) in [6.45, 7) is 4.31. The number of likely N-dealkylation sites (N-methyl/N-ethyl adjacent to an activating group) is 1. The molecule has 1 saturated heterocycles. The number of hydrogen-bond donors (Lipinski definition) is 2. The molecule has 3 atom stereocenters. The first kappa shape index (κ1) is 13.0. The fourth-order valence-electron chi connectivity index (χ4n) is 3.23. The predicted octanol–water partition coefficient (Wildman–Crippen LogP) is 2.14. The van der Waals surface area contributed by atoms with Crippen LogP contribution in [-0.4, -0.2) is 30.1 Å². The average Bonchev–Trinajstić information content (AvgIpc) is 2.77. The minimum absolute atomic E-state index is 0.0332. The van der Waals surface area contributed by atoms with Crippen molar-refractivity contribution in [3.05, 3.63) is 29.3 Å². The maximum absolute atomic E-state index is 12.2. The number of fused-ring (bicyclic) bond motifs is 2. The molecule has 2 heterocycles. The molecule has 1 fully saturated rings. The molecule has 1 amide bonds. The molecule has 0 radical (unpaired) electrons. The van der Waals surface area contributed by atoms with Crippen molar-refractivity contribution >= 4 is 17.7 Å². The van der Waals surface area contributed by atoms with Crippen LogP contribution in [0.2, 0.25) is 0 Å². The summed E-state index contributed by atoms with van der Waals surface area (Å²) in [7, 11) is 1.99. The van der Waals surface area contributed by atoms with Crippen molar-refractivity contribution in [1.29, 1.82) is 0 Å². The van der Waals surface area contributed by atoms with Crippen molar-refractivity contribution in [2.45, 2.75) is 32.4 Å². The molecule has 0 bridgehead atoms. The normalized spacial score (nSPS) is 25.6. The van der Waals surface area contributed by atoms with E-state index in [0.29, 0.717) is 5.92 Å². The van der Waals surface area contributed by atoms with Gasteiger partial charge in [-0.25, -0.2) is 0 Å². The zero-order valence-corrected chi connectivity index (χ0v) is 12.1. The molecule has 3 unspecified atom stereocenters. The summed E-state index contributed by atoms with van der Waals surface area (Å²) in [5.74, 6) is 0.701. The molecule has 4 heteroatoms. The Balaban J connectivity index is 2.08. The van der Waals surface area contributed by atoms with Gasteiger partial charge in [0.15, 0.2) is 0 Å². The second-order valence-electron chi connectivity index (χ2n) is 5.78. The largest absolute Gasteiger partial charge is 0.508 e. The number of hydrogen-bond acceptors (Lipinski definition) is 3. The number of aromatic hydroxyl groups is 1. The highest BCUT2D eigenvalue weighted by atomic mass is 16.3. The number of carbonyl (C=O) groups is 1. The lowest BCUT2D eigenvalue weighted by Gasteiger charge is -2.37. The number of amides is 1. The summed E-state index contributed by atoms with van der Waals surface area (Å²) < 4.78 is 0. The van der Waals surface area contributed by atoms with E-state index in [1.807, 2.05) is 19.2 Å². The van der Waals surface area contributed by atoms with Gasteiger partial charge >= 0.3 is 0 Å². The topological polar surface area (TPSA) is 52.6 Å². The van der Waals surface area contributed by atoms with Crippen molar-refractivity contribution in [1.82, 2.24) is 5.32 Å². The van der Waals surface area contributed by atoms with E-state index in [0.717, 1.165) is 23.2 Å². The second kappa shape index (κ2) is 4.54. The fraction of sp³-hybridized carbons (Fsp3) is 0.438. The number of phenolic OH excluding ortho intramolecular Hbond substituents is 1. The molecule has 0 aliphatic carbocycles. The van der Waals surface area contributed by atoms with Gasteiger partial charge in [0.1, 0.15) is 5.75 Å². The third kappa shape index (κ3) is 1.79. The molecular weight excluding hydrogens is 252 g/mol. The second-order valence-corrected chi connectivity index (χ2v) is 5.78. The Morgan fingerprint density at radius 1 is 1.45 bits per heavy atom. The minimum Gasteiger partial charge on any atom is -0.508 e. The smallest absolute Gasteiger partial charge is 0.249 e. The highest BCUT2D eigenvalue weighted by molar-refractivity contribution is 6.05. The molecule has 20 heavy (non-hydrogen) atoms. The van der Waals surface area contributed by atoms with Gasteiger partial charge in [-0.2, -0.15) is 0 Å². The SMILES string of the molecule is CCC(C)C1NC(=O)C2=Cc3ccc(O)cc3N(C)C21. The van der Waals surface area contributed by atoms with Gasteiger partial charge in [-0.1, -0.05) is 20.3 Å². The highest BCUT2D eigenvalue weighted by Crippen LogP contribution is 2.39. The van der Waals surface area contributed by atoms with Crippen LogP contribution in [0.25, 0.3) is 6.08 Å². The number of carbonyl (C=O) groups excluding carboxylic acids is 1. The van der Waals surface area contributed by atoms with Gasteiger partial charge in [0.2, 0.25) is 5.91 Å². The molecule has 0 spiro atoms. The van der Waals surface area contributed by atoms with Gasteiger partial charge in [-0.05, 0) is 29.7 Å². The van der Waals surface area contributed by atoms with Crippen molar-refractivity contribution in [3.63, 3.8) is 0 Å². The van der Waals surface area contributed by atoms with Crippen molar-refractivity contribution < 1.29 is 9.90 Å². The molecule has 4 nitrogen and oxygen atoms in total. The number of nitrogens with one attached hydrogen (secondary N) is 1. The predicted molar refractivity (Wildman–Crippen MR) is 79.7 cm³/mol. The number of phenols is 1. The summed E-state index contributed by atoms with van der Waals surface area (Å²) in [5, 5.41) is 12.8. The summed E-state index contributed by atoms with van der Waals surface area (Å²) in [5.41, 5.74) is 2.79. The Morgan fingerprint density at radius 3 is 2.90 bits per heavy atom. The first-order valence-electron chi connectivity index (χ1n) is 7.11. The third-order valence-electron chi connectivity index (χ3n) is 4.60. The van der Waals surface area contributed by atoms with E-state index in [-0.39, 0.29) is 23.7 Å². The van der Waals surface area contributed by atoms with E-state index in [1.54, 1.807) is 12.1 Å². The molecule has 106 valence electrons. The number of nitrogens with zero attached hydrogens (tertiary/aromatic N) is 1. The van der Waals surface area contributed by atoms with Gasteiger partial charge in [0.25, 0.3) is 0 Å². The maximum atomic E-state index is 12.2. The maximum Gasteiger partial charge on any atom is 0.249 e. The van der Waals surface area contributed by atoms with Crippen LogP contribution in [-0.2, 0) is 4.79 Å². The van der Waals surface area contributed by atoms with Crippen LogP contribution in [0.15, 0.2) is 23.8 Å². The van der Waals surface area contributed by atoms with Gasteiger partial charge in [-0.15, -0.1) is 0 Å². The lowest BCUT2D eigenvalue weighted by molar-refractivity contribution is -0.116. The lowest BCUT2D eigenvalue weighted by atomic mass is 9.87. The average molecular weight is 272 g/mol. The molecule has 1 aromatic carbocycles. The van der Waals surface area contributed by atoms with Crippen LogP contribution >= 0.6 is 0 Å². The molecule has 0 saturated carbocycles. The van der Waals surface area contributed by atoms with Gasteiger partial charge < -0.3 is 15.3 Å². The number of benzene rings is 1. The number of anilines is 1. The fourth-order valence-corrected chi connectivity index (χ4v) is 3.23. The van der Waals surface area contributed by atoms with Crippen LogP contribution in [0, 0.1) is 5.92 Å². The quantitative estimate of drug-likeness (QED) is 0.867. The molecule has 2 aliphatic heterocycles. The lowest BCUT2D eigenvalue weighted by Crippen LogP contribution is -2.47. The summed E-state index contributed by atoms with van der Waals surface area (Å²) >= 11 is 0. The van der Waals surface area contributed by atoms with Crippen LogP contribution in [0.1, 0.15) is 25.8 Å². The molecule has 2 aliphatic rings. The van der Waals surface area contributed by atoms with Crippen LogP contribution in [0.4, 0.5) is 5.69 Å². The monoisotopic (exact) mass is 272 g/mol. The van der Waals surface area contributed by atoms with Crippen LogP contribution in [0.5, 0.6) is 5.75 Å². The highest BCUT2D eigenvalue weighted by Gasteiger charge is 2.44. The summed E-state index contributed by atoms with van der Waals surface area (Å²) in [6.07, 6.45) is 2.98.